The van der Waals surface area contributed by atoms with Crippen LogP contribution >= 0.6 is 0 Å². The van der Waals surface area contributed by atoms with E-state index in [2.05, 4.69) is 4.90 Å². The second kappa shape index (κ2) is 5.72. The highest BCUT2D eigenvalue weighted by molar-refractivity contribution is 5.81. The normalized spacial score (nSPS) is 31.6. The molecule has 0 aromatic carbocycles. The van der Waals surface area contributed by atoms with Gasteiger partial charge in [0.1, 0.15) is 5.78 Å². The number of Topliss-reactive ketones (excluding diaryl/α,β-unsaturated/α-hetero) is 1. The highest BCUT2D eigenvalue weighted by Crippen LogP contribution is 2.37. The summed E-state index contributed by atoms with van der Waals surface area (Å²) >= 11 is 0. The minimum absolute atomic E-state index is 0.178. The molecule has 0 aromatic heterocycles. The van der Waals surface area contributed by atoms with Crippen molar-refractivity contribution < 1.29 is 14.3 Å². The molecule has 2 bridgehead atoms. The molecule has 2 unspecified atom stereocenters. The maximum Gasteiger partial charge on any atom is 0.409 e. The lowest BCUT2D eigenvalue weighted by molar-refractivity contribution is -0.124. The van der Waals surface area contributed by atoms with Gasteiger partial charge in [0, 0.05) is 44.1 Å². The molecule has 0 N–H and O–H groups in total. The van der Waals surface area contributed by atoms with E-state index in [4.69, 9.17) is 4.74 Å². The predicted molar refractivity (Wildman–Crippen MR) is 74.5 cm³/mol. The molecule has 112 valence electrons. The van der Waals surface area contributed by atoms with Gasteiger partial charge in [0.2, 0.25) is 0 Å². The zero-order valence-electron chi connectivity index (χ0n) is 12.2. The van der Waals surface area contributed by atoms with Crippen LogP contribution in [0.25, 0.3) is 0 Å². The number of hydrogen-bond acceptors (Lipinski definition) is 4. The van der Waals surface area contributed by atoms with Gasteiger partial charge in [0.25, 0.3) is 0 Å². The van der Waals surface area contributed by atoms with Gasteiger partial charge in [-0.3, -0.25) is 9.69 Å². The molecular formula is C15H24N2O3. The molecule has 3 aliphatic heterocycles. The van der Waals surface area contributed by atoms with Crippen LogP contribution in [0.2, 0.25) is 0 Å². The topological polar surface area (TPSA) is 49.9 Å². The van der Waals surface area contributed by atoms with E-state index >= 15 is 0 Å². The molecule has 0 aliphatic carbocycles. The SMILES string of the molecule is CCOC(=O)N1CCC(N2C3CCC2CC(=O)C3)CC1. The van der Waals surface area contributed by atoms with Crippen LogP contribution in [-0.2, 0) is 9.53 Å². The standard InChI is InChI=1S/C15H24N2O3/c1-2-20-15(19)16-7-5-11(6-8-16)17-12-3-4-13(17)10-14(18)9-12/h11-13H,2-10H2,1H3. The van der Waals surface area contributed by atoms with E-state index in [1.54, 1.807) is 0 Å². The monoisotopic (exact) mass is 280 g/mol. The van der Waals surface area contributed by atoms with Gasteiger partial charge >= 0.3 is 6.09 Å². The summed E-state index contributed by atoms with van der Waals surface area (Å²) in [6, 6.07) is 1.49. The van der Waals surface area contributed by atoms with Crippen molar-refractivity contribution >= 4 is 11.9 Å². The Labute approximate surface area is 120 Å². The summed E-state index contributed by atoms with van der Waals surface area (Å²) in [5.41, 5.74) is 0. The molecule has 3 saturated heterocycles. The molecule has 0 radical (unpaired) electrons. The third-order valence-corrected chi connectivity index (χ3v) is 5.02. The van der Waals surface area contributed by atoms with Crippen molar-refractivity contribution in [1.29, 1.82) is 0 Å². The number of piperidine rings is 2. The van der Waals surface area contributed by atoms with E-state index in [-0.39, 0.29) is 6.09 Å². The molecule has 0 aromatic rings. The second-order valence-corrected chi connectivity index (χ2v) is 6.20. The summed E-state index contributed by atoms with van der Waals surface area (Å²) in [5.74, 6) is 0.442. The highest BCUT2D eigenvalue weighted by atomic mass is 16.6. The van der Waals surface area contributed by atoms with Crippen LogP contribution < -0.4 is 0 Å². The predicted octanol–water partition coefficient (Wildman–Crippen LogP) is 1.80. The van der Waals surface area contributed by atoms with Crippen LogP contribution in [-0.4, -0.2) is 59.5 Å². The first-order chi connectivity index (χ1) is 9.69. The lowest BCUT2D eigenvalue weighted by atomic mass is 9.94. The molecule has 1 amide bonds. The summed E-state index contributed by atoms with van der Waals surface area (Å²) in [4.78, 5) is 27.8. The average Bonchev–Trinajstić information content (AvgIpc) is 2.71. The van der Waals surface area contributed by atoms with E-state index in [0.717, 1.165) is 38.8 Å². The van der Waals surface area contributed by atoms with Crippen LogP contribution in [0.5, 0.6) is 0 Å². The van der Waals surface area contributed by atoms with Crippen molar-refractivity contribution in [2.24, 2.45) is 0 Å². The van der Waals surface area contributed by atoms with Crippen LogP contribution in [0.15, 0.2) is 0 Å². The van der Waals surface area contributed by atoms with Crippen LogP contribution in [0, 0.1) is 0 Å². The number of ether oxygens (including phenoxy) is 1. The fourth-order valence-corrected chi connectivity index (χ4v) is 4.16. The number of carbonyl (C=O) groups excluding carboxylic acids is 2. The first kappa shape index (κ1) is 13.9. The zero-order chi connectivity index (χ0) is 14.1. The summed E-state index contributed by atoms with van der Waals surface area (Å²) < 4.78 is 5.06. The van der Waals surface area contributed by atoms with E-state index in [9.17, 15) is 9.59 Å². The summed E-state index contributed by atoms with van der Waals surface area (Å²) in [6.07, 6.45) is 5.69. The number of hydrogen-bond donors (Lipinski definition) is 0. The Kier molecular flexibility index (Phi) is 3.96. The molecule has 3 heterocycles. The van der Waals surface area contributed by atoms with Gasteiger partial charge in [-0.15, -0.1) is 0 Å². The van der Waals surface area contributed by atoms with Gasteiger partial charge in [-0.05, 0) is 32.6 Å². The third kappa shape index (κ3) is 2.55. The van der Waals surface area contributed by atoms with Crippen molar-refractivity contribution in [1.82, 2.24) is 9.80 Å². The molecular weight excluding hydrogens is 256 g/mol. The molecule has 2 atom stereocenters. The zero-order valence-corrected chi connectivity index (χ0v) is 12.2. The fourth-order valence-electron chi connectivity index (χ4n) is 4.16. The second-order valence-electron chi connectivity index (χ2n) is 6.20. The van der Waals surface area contributed by atoms with Crippen LogP contribution in [0.4, 0.5) is 4.79 Å². The fraction of sp³-hybridized carbons (Fsp3) is 0.867. The van der Waals surface area contributed by atoms with Crippen LogP contribution in [0.3, 0.4) is 0 Å². The number of carbonyl (C=O) groups is 2. The number of rotatable bonds is 2. The summed E-state index contributed by atoms with van der Waals surface area (Å²) in [6.45, 7) is 3.85. The maximum atomic E-state index is 11.7. The molecule has 5 nitrogen and oxygen atoms in total. The molecule has 0 saturated carbocycles. The molecule has 3 fully saturated rings. The average molecular weight is 280 g/mol. The van der Waals surface area contributed by atoms with Gasteiger partial charge < -0.3 is 9.64 Å². The third-order valence-electron chi connectivity index (χ3n) is 5.02. The summed E-state index contributed by atoms with van der Waals surface area (Å²) in [7, 11) is 0. The van der Waals surface area contributed by atoms with Gasteiger partial charge in [-0.2, -0.15) is 0 Å². The van der Waals surface area contributed by atoms with E-state index in [1.165, 1.54) is 12.8 Å². The Hall–Kier alpha value is -1.10. The number of nitrogens with zero attached hydrogens (tertiary/aromatic N) is 2. The molecule has 20 heavy (non-hydrogen) atoms. The van der Waals surface area contributed by atoms with Crippen molar-refractivity contribution in [2.45, 2.75) is 63.6 Å². The van der Waals surface area contributed by atoms with Crippen molar-refractivity contribution in [3.05, 3.63) is 0 Å². The Morgan fingerprint density at radius 3 is 2.25 bits per heavy atom. The Morgan fingerprint density at radius 2 is 1.70 bits per heavy atom. The minimum Gasteiger partial charge on any atom is -0.450 e. The van der Waals surface area contributed by atoms with Crippen molar-refractivity contribution in [3.63, 3.8) is 0 Å². The Balaban J connectivity index is 1.56. The molecule has 0 spiro atoms. The van der Waals surface area contributed by atoms with Crippen molar-refractivity contribution in [3.8, 4) is 0 Å². The molecule has 3 rings (SSSR count). The highest BCUT2D eigenvalue weighted by Gasteiger charge is 2.44. The Bertz CT molecular complexity index is 375. The van der Waals surface area contributed by atoms with E-state index < -0.39 is 0 Å². The number of amides is 1. The molecule has 5 heteroatoms. The number of likely N-dealkylation sites (tertiary alicyclic amines) is 1. The maximum absolute atomic E-state index is 11.7. The van der Waals surface area contributed by atoms with Gasteiger partial charge in [-0.25, -0.2) is 4.79 Å². The quantitative estimate of drug-likeness (QED) is 0.774. The van der Waals surface area contributed by atoms with E-state index in [1.807, 2.05) is 11.8 Å². The molecule has 3 aliphatic rings. The van der Waals surface area contributed by atoms with Gasteiger partial charge in [0.15, 0.2) is 0 Å². The lowest BCUT2D eigenvalue weighted by Gasteiger charge is -2.43. The number of fused-ring (bicyclic) bond motifs is 2. The number of ketones is 1. The van der Waals surface area contributed by atoms with E-state index in [0.29, 0.717) is 30.5 Å². The lowest BCUT2D eigenvalue weighted by Crippen LogP contribution is -2.53. The smallest absolute Gasteiger partial charge is 0.409 e. The van der Waals surface area contributed by atoms with Gasteiger partial charge in [0.05, 0.1) is 6.61 Å². The first-order valence-electron chi connectivity index (χ1n) is 7.90. The van der Waals surface area contributed by atoms with Crippen LogP contribution in [0.1, 0.15) is 45.4 Å². The Morgan fingerprint density at radius 1 is 1.10 bits per heavy atom. The first-order valence-corrected chi connectivity index (χ1v) is 7.90. The van der Waals surface area contributed by atoms with Gasteiger partial charge in [-0.1, -0.05) is 0 Å². The summed E-state index contributed by atoms with van der Waals surface area (Å²) in [5, 5.41) is 0. The minimum atomic E-state index is -0.178. The van der Waals surface area contributed by atoms with Crippen molar-refractivity contribution in [2.75, 3.05) is 19.7 Å². The largest absolute Gasteiger partial charge is 0.450 e.